The predicted molar refractivity (Wildman–Crippen MR) is 62.7 cm³/mol. The van der Waals surface area contributed by atoms with Crippen LogP contribution in [0.1, 0.15) is 0 Å². The zero-order chi connectivity index (χ0) is 12.2. The third kappa shape index (κ3) is 4.95. The molecule has 0 spiro atoms. The van der Waals surface area contributed by atoms with Gasteiger partial charge in [0.25, 0.3) is 0 Å². The van der Waals surface area contributed by atoms with Crippen LogP contribution < -0.4 is 10.0 Å². The van der Waals surface area contributed by atoms with Crippen molar-refractivity contribution in [1.82, 2.24) is 10.0 Å². The Morgan fingerprint density at radius 1 is 1.12 bits per heavy atom. The highest BCUT2D eigenvalue weighted by Gasteiger charge is 2.15. The van der Waals surface area contributed by atoms with Crippen molar-refractivity contribution < 1.29 is 17.2 Å². The van der Waals surface area contributed by atoms with E-state index in [0.29, 0.717) is 12.6 Å². The van der Waals surface area contributed by atoms with Crippen molar-refractivity contribution in [3.8, 4) is 0 Å². The van der Waals surface area contributed by atoms with Crippen molar-refractivity contribution in [3.05, 3.63) is 29.8 Å². The van der Waals surface area contributed by atoms with Crippen LogP contribution in [-0.4, -0.2) is 28.6 Å². The lowest BCUT2D eigenvalue weighted by Crippen LogP contribution is -2.30. The number of sulfonamides is 1. The van der Waals surface area contributed by atoms with E-state index in [2.05, 4.69) is 10.0 Å². The molecule has 98 valence electrons. The molecule has 2 N–H and O–H groups in total. The van der Waals surface area contributed by atoms with Crippen LogP contribution in [-0.2, 0) is 10.0 Å². The second kappa shape index (κ2) is 6.85. The zero-order valence-electron chi connectivity index (χ0n) is 9.04. The van der Waals surface area contributed by atoms with Crippen LogP contribution in [0.3, 0.4) is 0 Å². The summed E-state index contributed by atoms with van der Waals surface area (Å²) in [6.07, 6.45) is 0. The average molecular weight is 287 g/mol. The first-order chi connectivity index (χ1) is 7.45. The summed E-state index contributed by atoms with van der Waals surface area (Å²) in [5.41, 5.74) is 0. The number of benzene rings is 1. The van der Waals surface area contributed by atoms with E-state index in [-0.39, 0.29) is 19.0 Å². The Balaban J connectivity index is 0.00000256. The van der Waals surface area contributed by atoms with Crippen LogP contribution in [0.25, 0.3) is 0 Å². The molecule has 0 heterocycles. The molecule has 0 bridgehead atoms. The maximum Gasteiger partial charge on any atom is 0.240 e. The first kappa shape index (κ1) is 16.2. The first-order valence-electron chi connectivity index (χ1n) is 4.56. The molecule has 0 aromatic heterocycles. The van der Waals surface area contributed by atoms with Gasteiger partial charge >= 0.3 is 0 Å². The fourth-order valence-corrected chi connectivity index (χ4v) is 2.15. The van der Waals surface area contributed by atoms with Gasteiger partial charge in [-0.15, -0.1) is 12.4 Å². The van der Waals surface area contributed by atoms with Gasteiger partial charge < -0.3 is 5.32 Å². The summed E-state index contributed by atoms with van der Waals surface area (Å²) in [6, 6.07) is 2.15. The fraction of sp³-hybridized carbons (Fsp3) is 0.333. The molecular formula is C9H13ClF2N2O2S. The maximum atomic E-state index is 12.8. The molecule has 8 heteroatoms. The van der Waals surface area contributed by atoms with Gasteiger partial charge in [-0.3, -0.25) is 0 Å². The van der Waals surface area contributed by atoms with Gasteiger partial charge in [0.1, 0.15) is 11.6 Å². The molecule has 0 aliphatic rings. The third-order valence-corrected chi connectivity index (χ3v) is 3.25. The minimum atomic E-state index is -3.85. The fourth-order valence-electron chi connectivity index (χ4n) is 1.08. The number of hydrogen-bond acceptors (Lipinski definition) is 3. The molecule has 1 rings (SSSR count). The van der Waals surface area contributed by atoms with Crippen LogP contribution in [0.15, 0.2) is 23.1 Å². The Morgan fingerprint density at radius 3 is 2.12 bits per heavy atom. The molecule has 0 aliphatic heterocycles. The van der Waals surface area contributed by atoms with Crippen molar-refractivity contribution in [1.29, 1.82) is 0 Å². The van der Waals surface area contributed by atoms with E-state index in [1.54, 1.807) is 7.05 Å². The Morgan fingerprint density at radius 2 is 1.65 bits per heavy atom. The molecule has 0 aliphatic carbocycles. The molecule has 0 unspecified atom stereocenters. The van der Waals surface area contributed by atoms with Crippen LogP contribution in [0.2, 0.25) is 0 Å². The lowest BCUT2D eigenvalue weighted by atomic mass is 10.3. The van der Waals surface area contributed by atoms with E-state index < -0.39 is 26.6 Å². The third-order valence-electron chi connectivity index (χ3n) is 1.81. The van der Waals surface area contributed by atoms with Gasteiger partial charge in [-0.25, -0.2) is 21.9 Å². The van der Waals surface area contributed by atoms with Gasteiger partial charge in [0.15, 0.2) is 0 Å². The van der Waals surface area contributed by atoms with Crippen molar-refractivity contribution in [3.63, 3.8) is 0 Å². The molecule has 0 fully saturated rings. The Labute approximate surface area is 105 Å². The largest absolute Gasteiger partial charge is 0.318 e. The Kier molecular flexibility index (Phi) is 6.54. The minimum Gasteiger partial charge on any atom is -0.318 e. The molecule has 1 aromatic rings. The molecule has 0 saturated heterocycles. The SMILES string of the molecule is CNCCNS(=O)(=O)c1cc(F)cc(F)c1.Cl. The van der Waals surface area contributed by atoms with Gasteiger partial charge in [0.05, 0.1) is 4.90 Å². The van der Waals surface area contributed by atoms with E-state index in [9.17, 15) is 17.2 Å². The van der Waals surface area contributed by atoms with E-state index in [1.165, 1.54) is 0 Å². The van der Waals surface area contributed by atoms with Crippen LogP contribution in [0, 0.1) is 11.6 Å². The van der Waals surface area contributed by atoms with Crippen molar-refractivity contribution in [2.75, 3.05) is 20.1 Å². The lowest BCUT2D eigenvalue weighted by Gasteiger charge is -2.06. The topological polar surface area (TPSA) is 58.2 Å². The quantitative estimate of drug-likeness (QED) is 0.790. The Bertz CT molecular complexity index is 448. The summed E-state index contributed by atoms with van der Waals surface area (Å²) in [4.78, 5) is -0.416. The summed E-state index contributed by atoms with van der Waals surface area (Å²) < 4.78 is 50.9. The predicted octanol–water partition coefficient (Wildman–Crippen LogP) is 0.884. The number of likely N-dealkylation sites (N-methyl/N-ethyl adjacent to an activating group) is 1. The van der Waals surface area contributed by atoms with Crippen LogP contribution in [0.5, 0.6) is 0 Å². The molecule has 0 atom stereocenters. The summed E-state index contributed by atoms with van der Waals surface area (Å²) in [7, 11) is -2.18. The molecule has 1 aromatic carbocycles. The highest BCUT2D eigenvalue weighted by Crippen LogP contribution is 2.12. The maximum absolute atomic E-state index is 12.8. The normalized spacial score (nSPS) is 11.0. The smallest absolute Gasteiger partial charge is 0.240 e. The highest BCUT2D eigenvalue weighted by atomic mass is 35.5. The molecule has 0 amide bonds. The first-order valence-corrected chi connectivity index (χ1v) is 6.04. The van der Waals surface area contributed by atoms with Gasteiger partial charge in [0.2, 0.25) is 10.0 Å². The minimum absolute atomic E-state index is 0. The standard InChI is InChI=1S/C9H12F2N2O2S.ClH/c1-12-2-3-13-16(14,15)9-5-7(10)4-8(11)6-9;/h4-6,12-13H,2-3H2,1H3;1H. The van der Waals surface area contributed by atoms with Crippen molar-refractivity contribution in [2.24, 2.45) is 0 Å². The zero-order valence-corrected chi connectivity index (χ0v) is 10.7. The molecule has 17 heavy (non-hydrogen) atoms. The number of halogens is 3. The van der Waals surface area contributed by atoms with Crippen LogP contribution in [0.4, 0.5) is 8.78 Å². The van der Waals surface area contributed by atoms with E-state index in [1.807, 2.05) is 0 Å². The molecule has 0 saturated carbocycles. The van der Waals surface area contributed by atoms with Gasteiger partial charge in [-0.05, 0) is 19.2 Å². The summed E-state index contributed by atoms with van der Waals surface area (Å²) >= 11 is 0. The second-order valence-electron chi connectivity index (χ2n) is 3.11. The van der Waals surface area contributed by atoms with E-state index in [0.717, 1.165) is 12.1 Å². The molecule has 4 nitrogen and oxygen atoms in total. The second-order valence-corrected chi connectivity index (χ2v) is 4.87. The Hall–Kier alpha value is -0.760. The van der Waals surface area contributed by atoms with E-state index in [4.69, 9.17) is 0 Å². The van der Waals surface area contributed by atoms with Crippen molar-refractivity contribution >= 4 is 22.4 Å². The van der Waals surface area contributed by atoms with Gasteiger partial charge in [0, 0.05) is 19.2 Å². The van der Waals surface area contributed by atoms with Crippen molar-refractivity contribution in [2.45, 2.75) is 4.90 Å². The highest BCUT2D eigenvalue weighted by molar-refractivity contribution is 7.89. The summed E-state index contributed by atoms with van der Waals surface area (Å²) in [6.45, 7) is 0.577. The lowest BCUT2D eigenvalue weighted by molar-refractivity contribution is 0.560. The molecule has 0 radical (unpaired) electrons. The van der Waals surface area contributed by atoms with Gasteiger partial charge in [-0.1, -0.05) is 0 Å². The summed E-state index contributed by atoms with van der Waals surface area (Å²) in [5.74, 6) is -1.84. The average Bonchev–Trinajstić information content (AvgIpc) is 2.16. The summed E-state index contributed by atoms with van der Waals surface area (Å²) in [5, 5.41) is 2.74. The number of rotatable bonds is 5. The number of nitrogens with one attached hydrogen (secondary N) is 2. The monoisotopic (exact) mass is 286 g/mol. The number of hydrogen-bond donors (Lipinski definition) is 2. The van der Waals surface area contributed by atoms with Gasteiger partial charge in [-0.2, -0.15) is 0 Å². The molecular weight excluding hydrogens is 274 g/mol. The van der Waals surface area contributed by atoms with Crippen LogP contribution >= 0.6 is 12.4 Å². The van der Waals surface area contributed by atoms with E-state index >= 15 is 0 Å².